The van der Waals surface area contributed by atoms with Crippen LogP contribution >= 0.6 is 0 Å². The highest BCUT2D eigenvalue weighted by molar-refractivity contribution is 5.84. The smallest absolute Gasteiger partial charge is 0.326 e. The van der Waals surface area contributed by atoms with Crippen LogP contribution in [0, 0.1) is 11.8 Å². The van der Waals surface area contributed by atoms with E-state index in [1.54, 1.807) is 0 Å². The summed E-state index contributed by atoms with van der Waals surface area (Å²) in [4.78, 5) is 22.7. The fourth-order valence-electron chi connectivity index (χ4n) is 2.52. The summed E-state index contributed by atoms with van der Waals surface area (Å²) < 4.78 is 5.43. The Morgan fingerprint density at radius 2 is 2.06 bits per heavy atom. The Balaban J connectivity index is 1.67. The number of nitrogens with one attached hydrogen (secondary N) is 1. The molecule has 1 amide bonds. The first-order valence-corrected chi connectivity index (χ1v) is 6.74. The van der Waals surface area contributed by atoms with E-state index in [0.29, 0.717) is 25.0 Å². The van der Waals surface area contributed by atoms with Crippen LogP contribution in [0.1, 0.15) is 39.0 Å². The van der Waals surface area contributed by atoms with Gasteiger partial charge >= 0.3 is 5.97 Å². The average Bonchev–Trinajstić information content (AvgIpc) is 3.06. The van der Waals surface area contributed by atoms with E-state index in [-0.39, 0.29) is 11.8 Å². The van der Waals surface area contributed by atoms with Crippen molar-refractivity contribution < 1.29 is 19.4 Å². The topological polar surface area (TPSA) is 75.6 Å². The second kappa shape index (κ2) is 5.69. The van der Waals surface area contributed by atoms with Gasteiger partial charge in [-0.05, 0) is 44.4 Å². The molecule has 1 unspecified atom stereocenters. The van der Waals surface area contributed by atoms with Crippen LogP contribution in [-0.2, 0) is 14.3 Å². The molecule has 0 heterocycles. The quantitative estimate of drug-likeness (QED) is 0.716. The van der Waals surface area contributed by atoms with Gasteiger partial charge in [0.2, 0.25) is 5.91 Å². The molecule has 2 fully saturated rings. The van der Waals surface area contributed by atoms with Crippen molar-refractivity contribution in [1.82, 2.24) is 5.32 Å². The SMILES string of the molecule is CCOC1CC(CC(=O)NC(C(=O)O)C2CC2)C1. The molecule has 0 spiro atoms. The van der Waals surface area contributed by atoms with Crippen molar-refractivity contribution in [2.75, 3.05) is 6.61 Å². The van der Waals surface area contributed by atoms with Crippen LogP contribution in [0.5, 0.6) is 0 Å². The molecule has 0 aromatic rings. The van der Waals surface area contributed by atoms with Gasteiger partial charge < -0.3 is 15.2 Å². The third-order valence-electron chi connectivity index (χ3n) is 3.74. The maximum absolute atomic E-state index is 11.7. The molecule has 0 aliphatic heterocycles. The van der Waals surface area contributed by atoms with Crippen LogP contribution in [0.4, 0.5) is 0 Å². The molecule has 18 heavy (non-hydrogen) atoms. The number of hydrogen-bond donors (Lipinski definition) is 2. The zero-order valence-corrected chi connectivity index (χ0v) is 10.7. The molecule has 2 saturated carbocycles. The highest BCUT2D eigenvalue weighted by Gasteiger charge is 2.38. The lowest BCUT2D eigenvalue weighted by atomic mass is 9.80. The Bertz CT molecular complexity index is 321. The summed E-state index contributed by atoms with van der Waals surface area (Å²) in [6.07, 6.45) is 4.39. The number of carboxylic acid groups (broad SMARTS) is 1. The molecule has 2 rings (SSSR count). The highest BCUT2D eigenvalue weighted by Crippen LogP contribution is 2.34. The van der Waals surface area contributed by atoms with Gasteiger partial charge in [-0.3, -0.25) is 4.79 Å². The minimum Gasteiger partial charge on any atom is -0.480 e. The van der Waals surface area contributed by atoms with Gasteiger partial charge in [0.05, 0.1) is 6.10 Å². The summed E-state index contributed by atoms with van der Waals surface area (Å²) in [5, 5.41) is 11.7. The summed E-state index contributed by atoms with van der Waals surface area (Å²) in [6.45, 7) is 2.68. The van der Waals surface area contributed by atoms with E-state index in [2.05, 4.69) is 5.32 Å². The molecule has 0 aromatic heterocycles. The minimum atomic E-state index is -0.911. The Hall–Kier alpha value is -1.10. The van der Waals surface area contributed by atoms with Gasteiger partial charge in [-0.25, -0.2) is 4.79 Å². The van der Waals surface area contributed by atoms with E-state index >= 15 is 0 Å². The van der Waals surface area contributed by atoms with Gasteiger partial charge in [-0.2, -0.15) is 0 Å². The summed E-state index contributed by atoms with van der Waals surface area (Å²) in [7, 11) is 0. The number of rotatable bonds is 7. The van der Waals surface area contributed by atoms with Gasteiger partial charge in [0.15, 0.2) is 0 Å². The molecule has 2 aliphatic rings. The first kappa shape index (κ1) is 13.3. The molecule has 0 saturated heterocycles. The van der Waals surface area contributed by atoms with E-state index in [9.17, 15) is 9.59 Å². The molecule has 5 nitrogen and oxygen atoms in total. The number of ether oxygens (including phenoxy) is 1. The maximum Gasteiger partial charge on any atom is 0.326 e. The van der Waals surface area contributed by atoms with Crippen molar-refractivity contribution in [2.45, 2.75) is 51.2 Å². The molecule has 1 atom stereocenters. The average molecular weight is 255 g/mol. The lowest BCUT2D eigenvalue weighted by molar-refractivity contribution is -0.143. The van der Waals surface area contributed by atoms with Crippen LogP contribution in [0.15, 0.2) is 0 Å². The summed E-state index contributed by atoms with van der Waals surface area (Å²) in [6, 6.07) is -0.680. The van der Waals surface area contributed by atoms with Crippen LogP contribution < -0.4 is 5.32 Å². The second-order valence-electron chi connectivity index (χ2n) is 5.34. The van der Waals surface area contributed by atoms with Crippen LogP contribution in [0.3, 0.4) is 0 Å². The number of hydrogen-bond acceptors (Lipinski definition) is 3. The van der Waals surface area contributed by atoms with Crippen LogP contribution in [0.2, 0.25) is 0 Å². The fourth-order valence-corrected chi connectivity index (χ4v) is 2.52. The normalized spacial score (nSPS) is 28.3. The molecule has 102 valence electrons. The summed E-state index contributed by atoms with van der Waals surface area (Å²) in [5.41, 5.74) is 0. The predicted molar refractivity (Wildman–Crippen MR) is 65.0 cm³/mol. The van der Waals surface area contributed by atoms with E-state index in [1.165, 1.54) is 0 Å². The first-order chi connectivity index (χ1) is 8.60. The predicted octanol–water partition coefficient (Wildman–Crippen LogP) is 1.17. The van der Waals surface area contributed by atoms with Crippen molar-refractivity contribution in [3.8, 4) is 0 Å². The van der Waals surface area contributed by atoms with Gasteiger partial charge in [0.1, 0.15) is 6.04 Å². The molecular weight excluding hydrogens is 234 g/mol. The van der Waals surface area contributed by atoms with Crippen LogP contribution in [0.25, 0.3) is 0 Å². The first-order valence-electron chi connectivity index (χ1n) is 6.74. The van der Waals surface area contributed by atoms with Crippen molar-refractivity contribution in [1.29, 1.82) is 0 Å². The van der Waals surface area contributed by atoms with E-state index in [1.807, 2.05) is 6.92 Å². The lowest BCUT2D eigenvalue weighted by Gasteiger charge is -2.34. The third kappa shape index (κ3) is 3.45. The van der Waals surface area contributed by atoms with Crippen molar-refractivity contribution in [2.24, 2.45) is 11.8 Å². The third-order valence-corrected chi connectivity index (χ3v) is 3.74. The minimum absolute atomic E-state index is 0.130. The molecule has 0 bridgehead atoms. The van der Waals surface area contributed by atoms with Crippen LogP contribution in [-0.4, -0.2) is 35.7 Å². The Morgan fingerprint density at radius 3 is 2.56 bits per heavy atom. The van der Waals surface area contributed by atoms with Gasteiger partial charge in [-0.1, -0.05) is 0 Å². The van der Waals surface area contributed by atoms with Crippen molar-refractivity contribution in [3.63, 3.8) is 0 Å². The molecule has 0 radical (unpaired) electrons. The van der Waals surface area contributed by atoms with E-state index < -0.39 is 12.0 Å². The molecule has 2 N–H and O–H groups in total. The lowest BCUT2D eigenvalue weighted by Crippen LogP contribution is -2.44. The van der Waals surface area contributed by atoms with Gasteiger partial charge in [-0.15, -0.1) is 0 Å². The van der Waals surface area contributed by atoms with E-state index in [0.717, 1.165) is 25.7 Å². The Morgan fingerprint density at radius 1 is 1.39 bits per heavy atom. The second-order valence-corrected chi connectivity index (χ2v) is 5.34. The highest BCUT2D eigenvalue weighted by atomic mass is 16.5. The molecular formula is C13H21NO4. The van der Waals surface area contributed by atoms with Gasteiger partial charge in [0, 0.05) is 13.0 Å². The van der Waals surface area contributed by atoms with Gasteiger partial charge in [0.25, 0.3) is 0 Å². The maximum atomic E-state index is 11.7. The standard InChI is InChI=1S/C13H21NO4/c1-2-18-10-5-8(6-10)7-11(15)14-12(13(16)17)9-3-4-9/h8-10,12H,2-7H2,1H3,(H,14,15)(H,16,17). The fraction of sp³-hybridized carbons (Fsp3) is 0.846. The number of carbonyl (C=O) groups excluding carboxylic acids is 1. The van der Waals surface area contributed by atoms with Crippen molar-refractivity contribution >= 4 is 11.9 Å². The Kier molecular flexibility index (Phi) is 4.22. The monoisotopic (exact) mass is 255 g/mol. The number of carboxylic acids is 1. The summed E-state index contributed by atoms with van der Waals surface area (Å²) >= 11 is 0. The molecule has 0 aromatic carbocycles. The molecule has 2 aliphatic carbocycles. The molecule has 5 heteroatoms. The zero-order valence-electron chi connectivity index (χ0n) is 10.7. The number of aliphatic carboxylic acids is 1. The Labute approximate surface area is 107 Å². The van der Waals surface area contributed by atoms with Crippen molar-refractivity contribution in [3.05, 3.63) is 0 Å². The zero-order chi connectivity index (χ0) is 13.1. The number of carbonyl (C=O) groups is 2. The number of amides is 1. The summed E-state index contributed by atoms with van der Waals surface area (Å²) in [5.74, 6) is -0.542. The largest absolute Gasteiger partial charge is 0.480 e. The van der Waals surface area contributed by atoms with E-state index in [4.69, 9.17) is 9.84 Å².